The van der Waals surface area contributed by atoms with Crippen LogP contribution in [0.2, 0.25) is 0 Å². The summed E-state index contributed by atoms with van der Waals surface area (Å²) in [5, 5.41) is 12.9. The van der Waals surface area contributed by atoms with Gasteiger partial charge in [-0.15, -0.1) is 5.10 Å². The van der Waals surface area contributed by atoms with E-state index in [9.17, 15) is 9.59 Å². The molecule has 0 aliphatic carbocycles. The Morgan fingerprint density at radius 3 is 2.68 bits per heavy atom. The lowest BCUT2D eigenvalue weighted by molar-refractivity contribution is -0.148. The molecule has 0 radical (unpaired) electrons. The number of nitrogens with zero attached hydrogens (tertiary/aromatic N) is 4. The Morgan fingerprint density at radius 1 is 1.27 bits per heavy atom. The Balaban J connectivity index is 1.74. The quantitative estimate of drug-likeness (QED) is 0.730. The lowest BCUT2D eigenvalue weighted by atomic mass is 10.3. The lowest BCUT2D eigenvalue weighted by Gasteiger charge is -2.07. The number of nitrogens with one attached hydrogen (secondary N) is 1. The Labute approximate surface area is 126 Å². The Bertz CT molecular complexity index is 612. The van der Waals surface area contributed by atoms with E-state index in [0.29, 0.717) is 18.0 Å². The summed E-state index contributed by atoms with van der Waals surface area (Å²) in [4.78, 5) is 23.1. The minimum absolute atomic E-state index is 0.149. The van der Waals surface area contributed by atoms with Crippen molar-refractivity contribution in [3.63, 3.8) is 0 Å². The zero-order valence-electron chi connectivity index (χ0n) is 11.9. The van der Waals surface area contributed by atoms with E-state index in [-0.39, 0.29) is 13.2 Å². The monoisotopic (exact) mass is 305 g/mol. The number of amides is 1. The molecular formula is C13H15N5O4. The van der Waals surface area contributed by atoms with E-state index >= 15 is 0 Å². The SMILES string of the molecule is CCOc1ccc(NC(=O)COC(=O)Cn2cnnn2)cc1. The molecule has 0 spiro atoms. The van der Waals surface area contributed by atoms with E-state index in [1.54, 1.807) is 24.3 Å². The highest BCUT2D eigenvalue weighted by atomic mass is 16.5. The van der Waals surface area contributed by atoms with E-state index in [1.807, 2.05) is 6.92 Å². The van der Waals surface area contributed by atoms with Crippen molar-refractivity contribution in [1.29, 1.82) is 0 Å². The predicted octanol–water partition coefficient (Wildman–Crippen LogP) is 0.254. The molecule has 0 saturated heterocycles. The number of rotatable bonds is 7. The van der Waals surface area contributed by atoms with Crippen molar-refractivity contribution >= 4 is 17.6 Å². The van der Waals surface area contributed by atoms with E-state index in [4.69, 9.17) is 9.47 Å². The van der Waals surface area contributed by atoms with Gasteiger partial charge in [-0.25, -0.2) is 4.68 Å². The molecule has 2 aromatic rings. The largest absolute Gasteiger partial charge is 0.494 e. The first-order valence-electron chi connectivity index (χ1n) is 6.56. The van der Waals surface area contributed by atoms with Gasteiger partial charge in [0.15, 0.2) is 6.61 Å². The maximum atomic E-state index is 11.7. The van der Waals surface area contributed by atoms with E-state index in [0.717, 1.165) is 0 Å². The maximum absolute atomic E-state index is 11.7. The molecule has 0 aliphatic rings. The minimum atomic E-state index is -0.603. The van der Waals surface area contributed by atoms with E-state index in [2.05, 4.69) is 20.8 Å². The molecule has 2 rings (SSSR count). The van der Waals surface area contributed by atoms with Gasteiger partial charge in [-0.2, -0.15) is 0 Å². The van der Waals surface area contributed by atoms with Gasteiger partial charge >= 0.3 is 5.97 Å². The summed E-state index contributed by atoms with van der Waals surface area (Å²) in [7, 11) is 0. The van der Waals surface area contributed by atoms with Crippen LogP contribution in [0.5, 0.6) is 5.75 Å². The van der Waals surface area contributed by atoms with Crippen molar-refractivity contribution < 1.29 is 19.1 Å². The van der Waals surface area contributed by atoms with Gasteiger partial charge in [0.2, 0.25) is 0 Å². The van der Waals surface area contributed by atoms with Crippen molar-refractivity contribution in [1.82, 2.24) is 20.2 Å². The summed E-state index contributed by atoms with van der Waals surface area (Å²) < 4.78 is 11.3. The van der Waals surface area contributed by atoms with Crippen molar-refractivity contribution in [2.24, 2.45) is 0 Å². The maximum Gasteiger partial charge on any atom is 0.328 e. The van der Waals surface area contributed by atoms with Crippen LogP contribution in [0.4, 0.5) is 5.69 Å². The van der Waals surface area contributed by atoms with Gasteiger partial charge in [0.25, 0.3) is 5.91 Å². The topological polar surface area (TPSA) is 108 Å². The highest BCUT2D eigenvalue weighted by Crippen LogP contribution is 2.15. The highest BCUT2D eigenvalue weighted by Gasteiger charge is 2.09. The van der Waals surface area contributed by atoms with E-state index < -0.39 is 11.9 Å². The molecule has 9 heteroatoms. The van der Waals surface area contributed by atoms with Crippen LogP contribution < -0.4 is 10.1 Å². The summed E-state index contributed by atoms with van der Waals surface area (Å²) in [5.41, 5.74) is 0.588. The third-order valence-corrected chi connectivity index (χ3v) is 2.50. The Kier molecular flexibility index (Phi) is 5.41. The number of carbonyl (C=O) groups excluding carboxylic acids is 2. The molecular weight excluding hydrogens is 290 g/mol. The first-order chi connectivity index (χ1) is 10.7. The summed E-state index contributed by atoms with van der Waals surface area (Å²) in [5.74, 6) is -0.322. The fraction of sp³-hybridized carbons (Fsp3) is 0.308. The van der Waals surface area contributed by atoms with Crippen LogP contribution in [0.1, 0.15) is 6.92 Å². The summed E-state index contributed by atoms with van der Waals surface area (Å²) in [6.45, 7) is 1.93. The van der Waals surface area contributed by atoms with Crippen molar-refractivity contribution in [3.05, 3.63) is 30.6 Å². The van der Waals surface area contributed by atoms with Gasteiger partial charge < -0.3 is 14.8 Å². The van der Waals surface area contributed by atoms with Crippen LogP contribution in [-0.4, -0.2) is 45.3 Å². The summed E-state index contributed by atoms with van der Waals surface area (Å²) in [6.07, 6.45) is 1.28. The second kappa shape index (κ2) is 7.72. The normalized spacial score (nSPS) is 10.0. The van der Waals surface area contributed by atoms with Gasteiger partial charge in [0, 0.05) is 5.69 Å². The number of hydrogen-bond donors (Lipinski definition) is 1. The zero-order valence-corrected chi connectivity index (χ0v) is 11.9. The molecule has 0 unspecified atom stereocenters. The number of carbonyl (C=O) groups is 2. The van der Waals surface area contributed by atoms with Gasteiger partial charge in [-0.05, 0) is 41.6 Å². The van der Waals surface area contributed by atoms with Crippen LogP contribution >= 0.6 is 0 Å². The Hall–Kier alpha value is -2.97. The smallest absolute Gasteiger partial charge is 0.328 e. The number of anilines is 1. The number of aromatic nitrogens is 4. The Morgan fingerprint density at radius 2 is 2.05 bits per heavy atom. The first kappa shape index (κ1) is 15.4. The second-order valence-electron chi connectivity index (χ2n) is 4.17. The fourth-order valence-corrected chi connectivity index (χ4v) is 1.57. The fourth-order valence-electron chi connectivity index (χ4n) is 1.57. The molecule has 116 valence electrons. The minimum Gasteiger partial charge on any atom is -0.494 e. The molecule has 0 atom stereocenters. The van der Waals surface area contributed by atoms with Crippen LogP contribution in [0, 0.1) is 0 Å². The molecule has 1 amide bonds. The number of hydrogen-bond acceptors (Lipinski definition) is 7. The average Bonchev–Trinajstić information content (AvgIpc) is 3.00. The third-order valence-electron chi connectivity index (χ3n) is 2.50. The van der Waals surface area contributed by atoms with Crippen LogP contribution in [0.3, 0.4) is 0 Å². The molecule has 0 aliphatic heterocycles. The number of ether oxygens (including phenoxy) is 2. The number of esters is 1. The van der Waals surface area contributed by atoms with Crippen LogP contribution in [-0.2, 0) is 20.9 Å². The van der Waals surface area contributed by atoms with Gasteiger partial charge in [0.05, 0.1) is 6.61 Å². The number of tetrazole rings is 1. The average molecular weight is 305 g/mol. The first-order valence-corrected chi connectivity index (χ1v) is 6.56. The van der Waals surface area contributed by atoms with Gasteiger partial charge in [-0.3, -0.25) is 9.59 Å². The second-order valence-corrected chi connectivity index (χ2v) is 4.17. The van der Waals surface area contributed by atoms with Crippen LogP contribution in [0.25, 0.3) is 0 Å². The predicted molar refractivity (Wildman–Crippen MR) is 75.0 cm³/mol. The molecule has 1 aromatic carbocycles. The highest BCUT2D eigenvalue weighted by molar-refractivity contribution is 5.92. The molecule has 0 saturated carbocycles. The van der Waals surface area contributed by atoms with Crippen molar-refractivity contribution in [2.75, 3.05) is 18.5 Å². The third kappa shape index (κ3) is 4.85. The molecule has 1 heterocycles. The summed E-state index contributed by atoms with van der Waals surface area (Å²) >= 11 is 0. The van der Waals surface area contributed by atoms with Gasteiger partial charge in [-0.1, -0.05) is 0 Å². The molecule has 1 aromatic heterocycles. The molecule has 9 nitrogen and oxygen atoms in total. The summed E-state index contributed by atoms with van der Waals surface area (Å²) in [6, 6.07) is 6.88. The molecule has 0 fully saturated rings. The van der Waals surface area contributed by atoms with Crippen molar-refractivity contribution in [2.45, 2.75) is 13.5 Å². The lowest BCUT2D eigenvalue weighted by Crippen LogP contribution is -2.23. The van der Waals surface area contributed by atoms with Crippen LogP contribution in [0.15, 0.2) is 30.6 Å². The number of benzene rings is 1. The standard InChI is InChI=1S/C13H15N5O4/c1-2-21-11-5-3-10(4-6-11)15-12(19)8-22-13(20)7-18-9-14-16-17-18/h3-6,9H,2,7-8H2,1H3,(H,15,19). The molecule has 22 heavy (non-hydrogen) atoms. The van der Waals surface area contributed by atoms with Gasteiger partial charge in [0.1, 0.15) is 18.6 Å². The van der Waals surface area contributed by atoms with Crippen molar-refractivity contribution in [3.8, 4) is 5.75 Å². The molecule has 1 N–H and O–H groups in total. The van der Waals surface area contributed by atoms with E-state index in [1.165, 1.54) is 11.0 Å². The zero-order chi connectivity index (χ0) is 15.8. The molecule has 0 bridgehead atoms.